The van der Waals surface area contributed by atoms with Gasteiger partial charge in [0.15, 0.2) is 9.84 Å². The van der Waals surface area contributed by atoms with E-state index < -0.39 is 15.1 Å². The van der Waals surface area contributed by atoms with Gasteiger partial charge >= 0.3 is 0 Å². The van der Waals surface area contributed by atoms with E-state index in [1.165, 1.54) is 0 Å². The first-order valence-corrected chi connectivity index (χ1v) is 8.34. The third-order valence-corrected chi connectivity index (χ3v) is 6.63. The summed E-state index contributed by atoms with van der Waals surface area (Å²) in [5.74, 6) is 0. The van der Waals surface area contributed by atoms with E-state index in [9.17, 15) is 8.42 Å². The molecule has 18 heavy (non-hydrogen) atoms. The van der Waals surface area contributed by atoms with Gasteiger partial charge in [0.2, 0.25) is 0 Å². The molecule has 0 bridgehead atoms. The summed E-state index contributed by atoms with van der Waals surface area (Å²) in [7, 11) is -3.34. The molecule has 2 N–H and O–H groups in total. The Morgan fingerprint density at radius 3 is 2.56 bits per heavy atom. The SMILES string of the molecule is CC1(C)CCC(S(=O)(=O)c2cccc(Br)c2)C1N. The number of halogens is 1. The fraction of sp³-hybridized carbons (Fsp3) is 0.538. The van der Waals surface area contributed by atoms with Crippen molar-refractivity contribution in [2.75, 3.05) is 0 Å². The smallest absolute Gasteiger partial charge is 0.182 e. The third kappa shape index (κ3) is 2.36. The fourth-order valence-corrected chi connectivity index (χ4v) is 5.17. The Balaban J connectivity index is 2.39. The number of rotatable bonds is 2. The molecule has 1 fully saturated rings. The highest BCUT2D eigenvalue weighted by Crippen LogP contribution is 2.41. The van der Waals surface area contributed by atoms with Crippen LogP contribution in [0.3, 0.4) is 0 Å². The van der Waals surface area contributed by atoms with Crippen LogP contribution in [0.25, 0.3) is 0 Å². The van der Waals surface area contributed by atoms with Gasteiger partial charge in [-0.1, -0.05) is 35.8 Å². The quantitative estimate of drug-likeness (QED) is 0.906. The van der Waals surface area contributed by atoms with Crippen molar-refractivity contribution in [2.45, 2.75) is 42.9 Å². The van der Waals surface area contributed by atoms with Crippen molar-refractivity contribution in [2.24, 2.45) is 11.1 Å². The van der Waals surface area contributed by atoms with Gasteiger partial charge < -0.3 is 5.73 Å². The topological polar surface area (TPSA) is 60.2 Å². The molecule has 1 saturated carbocycles. The van der Waals surface area contributed by atoms with Crippen molar-refractivity contribution in [3.63, 3.8) is 0 Å². The molecular formula is C13H18BrNO2S. The van der Waals surface area contributed by atoms with E-state index in [1.807, 2.05) is 19.9 Å². The van der Waals surface area contributed by atoms with Gasteiger partial charge in [-0.15, -0.1) is 0 Å². The Bertz CT molecular complexity index is 554. The Hall–Kier alpha value is -0.390. The second kappa shape index (κ2) is 4.62. The van der Waals surface area contributed by atoms with Crippen molar-refractivity contribution in [1.82, 2.24) is 0 Å². The summed E-state index contributed by atoms with van der Waals surface area (Å²) in [5, 5.41) is -0.471. The first-order chi connectivity index (χ1) is 8.25. The first-order valence-electron chi connectivity index (χ1n) is 6.00. The van der Waals surface area contributed by atoms with Gasteiger partial charge in [-0.3, -0.25) is 0 Å². The molecule has 2 atom stereocenters. The van der Waals surface area contributed by atoms with Crippen molar-refractivity contribution in [3.05, 3.63) is 28.7 Å². The summed E-state index contributed by atoms with van der Waals surface area (Å²) in [6.07, 6.45) is 1.50. The molecular weight excluding hydrogens is 314 g/mol. The molecule has 0 aliphatic heterocycles. The number of nitrogens with two attached hydrogens (primary N) is 1. The minimum Gasteiger partial charge on any atom is -0.326 e. The van der Waals surface area contributed by atoms with Gasteiger partial charge in [-0.2, -0.15) is 0 Å². The second-order valence-corrected chi connectivity index (χ2v) is 8.68. The summed E-state index contributed by atoms with van der Waals surface area (Å²) in [6, 6.07) is 6.53. The predicted octanol–water partition coefficient (Wildman–Crippen LogP) is 2.74. The second-order valence-electron chi connectivity index (χ2n) is 5.59. The van der Waals surface area contributed by atoms with E-state index in [0.717, 1.165) is 10.9 Å². The lowest BCUT2D eigenvalue weighted by Gasteiger charge is -2.26. The Morgan fingerprint density at radius 1 is 1.39 bits per heavy atom. The standard InChI is InChI=1S/C13H18BrNO2S/c1-13(2)7-6-11(12(13)15)18(16,17)10-5-3-4-9(14)8-10/h3-5,8,11-12H,6-7,15H2,1-2H3. The lowest BCUT2D eigenvalue weighted by Crippen LogP contribution is -2.43. The van der Waals surface area contributed by atoms with E-state index in [4.69, 9.17) is 5.73 Å². The third-order valence-electron chi connectivity index (χ3n) is 3.90. The highest BCUT2D eigenvalue weighted by Gasteiger charge is 2.46. The molecule has 3 nitrogen and oxygen atoms in total. The molecule has 5 heteroatoms. The van der Waals surface area contributed by atoms with Gasteiger partial charge in [0, 0.05) is 10.5 Å². The van der Waals surface area contributed by atoms with E-state index in [0.29, 0.717) is 11.3 Å². The summed E-state index contributed by atoms with van der Waals surface area (Å²) in [5.41, 5.74) is 6.02. The Kier molecular flexibility index (Phi) is 3.60. The van der Waals surface area contributed by atoms with Crippen LogP contribution < -0.4 is 5.73 Å². The maximum atomic E-state index is 12.6. The maximum absolute atomic E-state index is 12.6. The van der Waals surface area contributed by atoms with Crippen LogP contribution in [-0.4, -0.2) is 19.7 Å². The summed E-state index contributed by atoms with van der Waals surface area (Å²) in [6.45, 7) is 4.07. The fourth-order valence-electron chi connectivity index (χ4n) is 2.53. The molecule has 1 aliphatic carbocycles. The van der Waals surface area contributed by atoms with Crippen LogP contribution >= 0.6 is 15.9 Å². The van der Waals surface area contributed by atoms with Crippen LogP contribution in [0.5, 0.6) is 0 Å². The lowest BCUT2D eigenvalue weighted by atomic mass is 9.88. The summed E-state index contributed by atoms with van der Waals surface area (Å²) < 4.78 is 25.9. The largest absolute Gasteiger partial charge is 0.326 e. The number of hydrogen-bond acceptors (Lipinski definition) is 3. The molecule has 1 aromatic carbocycles. The minimum atomic E-state index is -3.34. The van der Waals surface area contributed by atoms with Crippen molar-refractivity contribution in [1.29, 1.82) is 0 Å². The van der Waals surface area contributed by atoms with Gasteiger partial charge in [0.1, 0.15) is 0 Å². The predicted molar refractivity (Wildman–Crippen MR) is 76.1 cm³/mol. The highest BCUT2D eigenvalue weighted by atomic mass is 79.9. The molecule has 0 heterocycles. The molecule has 0 amide bonds. The van der Waals surface area contributed by atoms with Gasteiger partial charge in [-0.05, 0) is 36.5 Å². The normalized spacial score (nSPS) is 27.3. The Morgan fingerprint density at radius 2 is 2.06 bits per heavy atom. The zero-order valence-corrected chi connectivity index (χ0v) is 13.0. The maximum Gasteiger partial charge on any atom is 0.182 e. The van der Waals surface area contributed by atoms with Gasteiger partial charge in [-0.25, -0.2) is 8.42 Å². The molecule has 1 aliphatic rings. The van der Waals surface area contributed by atoms with Crippen molar-refractivity contribution in [3.8, 4) is 0 Å². The number of sulfone groups is 1. The van der Waals surface area contributed by atoms with Crippen LogP contribution in [0.2, 0.25) is 0 Å². The Labute approximate surface area is 117 Å². The molecule has 2 unspecified atom stereocenters. The molecule has 0 saturated heterocycles. The minimum absolute atomic E-state index is 0.107. The zero-order valence-electron chi connectivity index (χ0n) is 10.6. The number of hydrogen-bond donors (Lipinski definition) is 1. The van der Waals surface area contributed by atoms with E-state index >= 15 is 0 Å². The van der Waals surface area contributed by atoms with E-state index in [1.54, 1.807) is 18.2 Å². The monoisotopic (exact) mass is 331 g/mol. The molecule has 100 valence electrons. The molecule has 1 aromatic rings. The summed E-state index contributed by atoms with van der Waals surface area (Å²) in [4.78, 5) is 0.357. The van der Waals surface area contributed by atoms with Crippen LogP contribution in [0, 0.1) is 5.41 Å². The zero-order chi connectivity index (χ0) is 13.6. The molecule has 0 spiro atoms. The van der Waals surface area contributed by atoms with Crippen molar-refractivity contribution < 1.29 is 8.42 Å². The summed E-state index contributed by atoms with van der Waals surface area (Å²) >= 11 is 3.31. The van der Waals surface area contributed by atoms with Crippen LogP contribution in [-0.2, 0) is 9.84 Å². The van der Waals surface area contributed by atoms with E-state index in [2.05, 4.69) is 15.9 Å². The molecule has 0 aromatic heterocycles. The van der Waals surface area contributed by atoms with E-state index in [-0.39, 0.29) is 11.5 Å². The first kappa shape index (κ1) is 14.0. The average molecular weight is 332 g/mol. The lowest BCUT2D eigenvalue weighted by molar-refractivity contribution is 0.332. The molecule has 2 rings (SSSR count). The van der Waals surface area contributed by atoms with Crippen LogP contribution in [0.1, 0.15) is 26.7 Å². The van der Waals surface area contributed by atoms with Crippen molar-refractivity contribution >= 4 is 25.8 Å². The number of benzene rings is 1. The van der Waals surface area contributed by atoms with Gasteiger partial charge in [0.05, 0.1) is 10.1 Å². The molecule has 0 radical (unpaired) electrons. The van der Waals surface area contributed by atoms with Gasteiger partial charge in [0.25, 0.3) is 0 Å². The average Bonchev–Trinajstić information content (AvgIpc) is 2.54. The highest BCUT2D eigenvalue weighted by molar-refractivity contribution is 9.10. The van der Waals surface area contributed by atoms with Crippen LogP contribution in [0.4, 0.5) is 0 Å². The van der Waals surface area contributed by atoms with Crippen LogP contribution in [0.15, 0.2) is 33.6 Å².